The first kappa shape index (κ1) is 16.0. The van der Waals surface area contributed by atoms with Crippen LogP contribution in [0, 0.1) is 20.8 Å². The molecule has 0 aliphatic carbocycles. The van der Waals surface area contributed by atoms with Crippen LogP contribution in [0.15, 0.2) is 30.5 Å². The van der Waals surface area contributed by atoms with Gasteiger partial charge in [-0.2, -0.15) is 0 Å². The maximum atomic E-state index is 5.51. The van der Waals surface area contributed by atoms with Gasteiger partial charge in [0, 0.05) is 28.3 Å². The molecule has 0 spiro atoms. The fraction of sp³-hybridized carbons (Fsp3) is 0.389. The minimum atomic E-state index is 0.421. The number of ether oxygens (including phenoxy) is 1. The van der Waals surface area contributed by atoms with E-state index in [1.54, 1.807) is 7.11 Å². The van der Waals surface area contributed by atoms with Crippen molar-refractivity contribution in [2.45, 2.75) is 33.1 Å². The summed E-state index contributed by atoms with van der Waals surface area (Å²) in [6.07, 6.45) is 2.82. The molecule has 2 rings (SSSR count). The summed E-state index contributed by atoms with van der Waals surface area (Å²) >= 11 is 3.66. The SMILES string of the molecule is COc1c(C)cnc(CC(CBr)c2ccccc2C)c1C. The van der Waals surface area contributed by atoms with Crippen molar-refractivity contribution >= 4 is 15.9 Å². The molecule has 3 heteroatoms. The average Bonchev–Trinajstić information content (AvgIpc) is 2.48. The standard InChI is InChI=1S/C18H22BrNO/c1-12-7-5-6-8-16(12)15(10-19)9-17-14(3)18(21-4)13(2)11-20-17/h5-8,11,15H,9-10H2,1-4H3. The Morgan fingerprint density at radius 2 is 1.86 bits per heavy atom. The van der Waals surface area contributed by atoms with Gasteiger partial charge in [-0.05, 0) is 44.2 Å². The van der Waals surface area contributed by atoms with Crippen molar-refractivity contribution in [2.75, 3.05) is 12.4 Å². The Labute approximate surface area is 135 Å². The van der Waals surface area contributed by atoms with Gasteiger partial charge in [-0.1, -0.05) is 40.2 Å². The van der Waals surface area contributed by atoms with E-state index in [9.17, 15) is 0 Å². The first-order chi connectivity index (χ1) is 10.1. The molecule has 0 N–H and O–H groups in total. The number of methoxy groups -OCH3 is 1. The monoisotopic (exact) mass is 347 g/mol. The van der Waals surface area contributed by atoms with Gasteiger partial charge >= 0.3 is 0 Å². The van der Waals surface area contributed by atoms with E-state index in [0.717, 1.165) is 34.3 Å². The van der Waals surface area contributed by atoms with Crippen LogP contribution in [0.1, 0.15) is 33.9 Å². The third-order valence-electron chi connectivity index (χ3n) is 4.00. The van der Waals surface area contributed by atoms with Crippen molar-refractivity contribution in [1.82, 2.24) is 4.98 Å². The van der Waals surface area contributed by atoms with Crippen LogP contribution >= 0.6 is 15.9 Å². The van der Waals surface area contributed by atoms with Gasteiger partial charge in [0.25, 0.3) is 0 Å². The van der Waals surface area contributed by atoms with E-state index >= 15 is 0 Å². The van der Waals surface area contributed by atoms with Gasteiger partial charge in [0.2, 0.25) is 0 Å². The topological polar surface area (TPSA) is 22.1 Å². The summed E-state index contributed by atoms with van der Waals surface area (Å²) < 4.78 is 5.51. The van der Waals surface area contributed by atoms with Gasteiger partial charge < -0.3 is 4.74 Å². The van der Waals surface area contributed by atoms with Gasteiger partial charge in [0.15, 0.2) is 0 Å². The predicted octanol–water partition coefficient (Wildman–Crippen LogP) is 4.74. The minimum Gasteiger partial charge on any atom is -0.496 e. The van der Waals surface area contributed by atoms with Crippen molar-refractivity contribution in [3.63, 3.8) is 0 Å². The number of nitrogens with zero attached hydrogens (tertiary/aromatic N) is 1. The Balaban J connectivity index is 2.34. The zero-order valence-corrected chi connectivity index (χ0v) is 14.7. The van der Waals surface area contributed by atoms with E-state index in [2.05, 4.69) is 59.0 Å². The molecule has 0 saturated carbocycles. The molecular weight excluding hydrogens is 326 g/mol. The lowest BCUT2D eigenvalue weighted by molar-refractivity contribution is 0.406. The van der Waals surface area contributed by atoms with Crippen LogP contribution in [0.2, 0.25) is 0 Å². The van der Waals surface area contributed by atoms with Crippen LogP contribution in [0.25, 0.3) is 0 Å². The number of alkyl halides is 1. The molecular formula is C18H22BrNO. The van der Waals surface area contributed by atoms with E-state index in [1.807, 2.05) is 13.1 Å². The fourth-order valence-corrected chi connectivity index (χ4v) is 3.38. The molecule has 2 aromatic rings. The second-order valence-corrected chi connectivity index (χ2v) is 6.11. The molecule has 0 aliphatic rings. The van der Waals surface area contributed by atoms with E-state index in [-0.39, 0.29) is 0 Å². The summed E-state index contributed by atoms with van der Waals surface area (Å²) in [6.45, 7) is 6.30. The van der Waals surface area contributed by atoms with Gasteiger partial charge in [-0.25, -0.2) is 0 Å². The van der Waals surface area contributed by atoms with Crippen molar-refractivity contribution < 1.29 is 4.74 Å². The number of hydrogen-bond donors (Lipinski definition) is 0. The van der Waals surface area contributed by atoms with Crippen molar-refractivity contribution in [3.8, 4) is 5.75 Å². The number of rotatable bonds is 5. The third kappa shape index (κ3) is 3.46. The molecule has 0 amide bonds. The summed E-state index contributed by atoms with van der Waals surface area (Å²) in [4.78, 5) is 4.63. The Morgan fingerprint density at radius 1 is 1.14 bits per heavy atom. The highest BCUT2D eigenvalue weighted by Gasteiger charge is 2.17. The number of aromatic nitrogens is 1. The molecule has 0 saturated heterocycles. The molecule has 0 radical (unpaired) electrons. The summed E-state index contributed by atoms with van der Waals surface area (Å²) in [5.74, 6) is 1.38. The molecule has 1 aromatic heterocycles. The molecule has 1 atom stereocenters. The Hall–Kier alpha value is -1.35. The van der Waals surface area contributed by atoms with Crippen molar-refractivity contribution in [1.29, 1.82) is 0 Å². The molecule has 1 heterocycles. The fourth-order valence-electron chi connectivity index (χ4n) is 2.80. The summed E-state index contributed by atoms with van der Waals surface area (Å²) in [5.41, 5.74) is 6.07. The zero-order valence-electron chi connectivity index (χ0n) is 13.1. The number of aryl methyl sites for hydroxylation is 2. The lowest BCUT2D eigenvalue weighted by Gasteiger charge is -2.19. The normalized spacial score (nSPS) is 12.2. The van der Waals surface area contributed by atoms with Gasteiger partial charge in [0.1, 0.15) is 5.75 Å². The highest BCUT2D eigenvalue weighted by atomic mass is 79.9. The zero-order chi connectivity index (χ0) is 15.4. The Bertz CT molecular complexity index is 625. The maximum absolute atomic E-state index is 5.51. The van der Waals surface area contributed by atoms with Crippen molar-refractivity contribution in [3.05, 3.63) is 58.4 Å². The molecule has 1 aromatic carbocycles. The summed E-state index contributed by atoms with van der Waals surface area (Å²) in [7, 11) is 1.72. The maximum Gasteiger partial charge on any atom is 0.128 e. The largest absolute Gasteiger partial charge is 0.496 e. The molecule has 21 heavy (non-hydrogen) atoms. The van der Waals surface area contributed by atoms with Gasteiger partial charge in [0.05, 0.1) is 7.11 Å². The summed E-state index contributed by atoms with van der Waals surface area (Å²) in [5, 5.41) is 0.926. The lowest BCUT2D eigenvalue weighted by Crippen LogP contribution is -2.10. The molecule has 0 aliphatic heterocycles. The molecule has 0 bridgehead atoms. The van der Waals surface area contributed by atoms with Crippen LogP contribution in [0.5, 0.6) is 5.75 Å². The number of hydrogen-bond acceptors (Lipinski definition) is 2. The lowest BCUT2D eigenvalue weighted by atomic mass is 9.91. The van der Waals surface area contributed by atoms with Crippen LogP contribution in [-0.2, 0) is 6.42 Å². The highest BCUT2D eigenvalue weighted by Crippen LogP contribution is 2.30. The predicted molar refractivity (Wildman–Crippen MR) is 91.7 cm³/mol. The van der Waals surface area contributed by atoms with E-state index in [1.165, 1.54) is 11.1 Å². The average molecular weight is 348 g/mol. The minimum absolute atomic E-state index is 0.421. The molecule has 2 nitrogen and oxygen atoms in total. The third-order valence-corrected chi connectivity index (χ3v) is 4.79. The number of pyridine rings is 1. The molecule has 1 unspecified atom stereocenters. The van der Waals surface area contributed by atoms with Gasteiger partial charge in [-0.3, -0.25) is 4.98 Å². The number of benzene rings is 1. The summed E-state index contributed by atoms with van der Waals surface area (Å²) in [6, 6.07) is 8.57. The van der Waals surface area contributed by atoms with Gasteiger partial charge in [-0.15, -0.1) is 0 Å². The van der Waals surface area contributed by atoms with Crippen LogP contribution in [-0.4, -0.2) is 17.4 Å². The quantitative estimate of drug-likeness (QED) is 0.729. The second kappa shape index (κ2) is 7.08. The van der Waals surface area contributed by atoms with E-state index in [4.69, 9.17) is 4.74 Å². The van der Waals surface area contributed by atoms with Crippen LogP contribution in [0.4, 0.5) is 0 Å². The number of halogens is 1. The highest BCUT2D eigenvalue weighted by molar-refractivity contribution is 9.09. The van der Waals surface area contributed by atoms with Crippen molar-refractivity contribution in [2.24, 2.45) is 0 Å². The molecule has 0 fully saturated rings. The van der Waals surface area contributed by atoms with Crippen LogP contribution < -0.4 is 4.74 Å². The molecule has 112 valence electrons. The Morgan fingerprint density at radius 3 is 2.48 bits per heavy atom. The Kier molecular flexibility index (Phi) is 5.40. The first-order valence-corrected chi connectivity index (χ1v) is 8.31. The smallest absolute Gasteiger partial charge is 0.128 e. The second-order valence-electron chi connectivity index (χ2n) is 5.46. The van der Waals surface area contributed by atoms with E-state index in [0.29, 0.717) is 5.92 Å². The van der Waals surface area contributed by atoms with Crippen LogP contribution in [0.3, 0.4) is 0 Å². The van der Waals surface area contributed by atoms with E-state index < -0.39 is 0 Å². The first-order valence-electron chi connectivity index (χ1n) is 7.19.